The Labute approximate surface area is 104 Å². The molecular weight excluding hydrogens is 246 g/mol. The lowest BCUT2D eigenvalue weighted by Crippen LogP contribution is -2.20. The van der Waals surface area contributed by atoms with Gasteiger partial charge >= 0.3 is 0 Å². The van der Waals surface area contributed by atoms with Gasteiger partial charge in [-0.05, 0) is 18.6 Å². The second-order valence-corrected chi connectivity index (χ2v) is 4.05. The SMILES string of the molecule is COc1cc(C(O)C(O)CCO)c(Cl)cc1N. The zero-order valence-electron chi connectivity index (χ0n) is 9.43. The monoisotopic (exact) mass is 261 g/mol. The van der Waals surface area contributed by atoms with Gasteiger partial charge in [0.15, 0.2) is 0 Å². The van der Waals surface area contributed by atoms with E-state index in [1.807, 2.05) is 0 Å². The van der Waals surface area contributed by atoms with Crippen LogP contribution in [0.2, 0.25) is 5.02 Å². The molecule has 2 unspecified atom stereocenters. The topological polar surface area (TPSA) is 95.9 Å². The van der Waals surface area contributed by atoms with E-state index in [2.05, 4.69) is 0 Å². The summed E-state index contributed by atoms with van der Waals surface area (Å²) in [5.74, 6) is 0.375. The molecule has 0 aliphatic rings. The first kappa shape index (κ1) is 14.1. The highest BCUT2D eigenvalue weighted by Crippen LogP contribution is 2.34. The van der Waals surface area contributed by atoms with Crippen LogP contribution in [-0.2, 0) is 0 Å². The molecule has 1 aromatic rings. The highest BCUT2D eigenvalue weighted by atomic mass is 35.5. The Morgan fingerprint density at radius 1 is 1.41 bits per heavy atom. The lowest BCUT2D eigenvalue weighted by Gasteiger charge is -2.19. The number of aliphatic hydroxyl groups excluding tert-OH is 3. The van der Waals surface area contributed by atoms with Gasteiger partial charge in [0, 0.05) is 17.2 Å². The predicted octanol–water partition coefficient (Wildman–Crippen LogP) is 0.708. The number of nitrogen functional groups attached to an aromatic ring is 1. The van der Waals surface area contributed by atoms with Gasteiger partial charge in [-0.2, -0.15) is 0 Å². The van der Waals surface area contributed by atoms with Gasteiger partial charge in [-0.3, -0.25) is 0 Å². The Bertz CT molecular complexity index is 386. The highest BCUT2D eigenvalue weighted by molar-refractivity contribution is 6.31. The molecule has 17 heavy (non-hydrogen) atoms. The van der Waals surface area contributed by atoms with E-state index in [1.165, 1.54) is 19.2 Å². The molecule has 0 amide bonds. The van der Waals surface area contributed by atoms with Gasteiger partial charge in [-0.25, -0.2) is 0 Å². The van der Waals surface area contributed by atoms with E-state index < -0.39 is 12.2 Å². The highest BCUT2D eigenvalue weighted by Gasteiger charge is 2.21. The molecule has 2 atom stereocenters. The van der Waals surface area contributed by atoms with Crippen LogP contribution in [0.5, 0.6) is 5.75 Å². The summed E-state index contributed by atoms with van der Waals surface area (Å²) in [6.07, 6.45) is -2.22. The van der Waals surface area contributed by atoms with Crippen molar-refractivity contribution in [3.05, 3.63) is 22.7 Å². The predicted molar refractivity (Wildman–Crippen MR) is 65.1 cm³/mol. The van der Waals surface area contributed by atoms with Crippen LogP contribution in [0, 0.1) is 0 Å². The van der Waals surface area contributed by atoms with Crippen molar-refractivity contribution in [3.63, 3.8) is 0 Å². The van der Waals surface area contributed by atoms with Crippen molar-refractivity contribution in [3.8, 4) is 5.75 Å². The third-order valence-corrected chi connectivity index (χ3v) is 2.78. The van der Waals surface area contributed by atoms with Crippen LogP contribution < -0.4 is 10.5 Å². The van der Waals surface area contributed by atoms with E-state index in [-0.39, 0.29) is 18.1 Å². The van der Waals surface area contributed by atoms with Crippen LogP contribution in [0.15, 0.2) is 12.1 Å². The summed E-state index contributed by atoms with van der Waals surface area (Å²) in [5, 5.41) is 28.4. The third-order valence-electron chi connectivity index (χ3n) is 2.46. The van der Waals surface area contributed by atoms with Gasteiger partial charge < -0.3 is 25.8 Å². The fraction of sp³-hybridized carbons (Fsp3) is 0.455. The lowest BCUT2D eigenvalue weighted by molar-refractivity contribution is 0.00419. The molecule has 0 aliphatic carbocycles. The fourth-order valence-corrected chi connectivity index (χ4v) is 1.77. The van der Waals surface area contributed by atoms with Crippen molar-refractivity contribution in [2.45, 2.75) is 18.6 Å². The second-order valence-electron chi connectivity index (χ2n) is 3.64. The molecule has 0 aromatic heterocycles. The Morgan fingerprint density at radius 3 is 2.59 bits per heavy atom. The van der Waals surface area contributed by atoms with Crippen molar-refractivity contribution >= 4 is 17.3 Å². The molecule has 5 N–H and O–H groups in total. The van der Waals surface area contributed by atoms with Crippen molar-refractivity contribution in [1.82, 2.24) is 0 Å². The van der Waals surface area contributed by atoms with Gasteiger partial charge in [0.2, 0.25) is 0 Å². The molecule has 5 nitrogen and oxygen atoms in total. The molecule has 0 aliphatic heterocycles. The number of aliphatic hydroxyl groups is 3. The maximum atomic E-state index is 9.87. The summed E-state index contributed by atoms with van der Waals surface area (Å²) in [6, 6.07) is 2.92. The lowest BCUT2D eigenvalue weighted by atomic mass is 10.0. The number of rotatable bonds is 5. The summed E-state index contributed by atoms with van der Waals surface area (Å²) >= 11 is 5.93. The molecule has 0 heterocycles. The fourth-order valence-electron chi connectivity index (χ4n) is 1.49. The molecule has 6 heteroatoms. The first-order chi connectivity index (χ1) is 8.01. The summed E-state index contributed by atoms with van der Waals surface area (Å²) in [4.78, 5) is 0. The van der Waals surface area contributed by atoms with Crippen LogP contribution in [-0.4, -0.2) is 35.1 Å². The number of halogens is 1. The number of hydrogen-bond acceptors (Lipinski definition) is 5. The van der Waals surface area contributed by atoms with Crippen LogP contribution in [0.25, 0.3) is 0 Å². The minimum atomic E-state index is -1.19. The molecule has 96 valence electrons. The number of methoxy groups -OCH3 is 1. The van der Waals surface area contributed by atoms with Crippen molar-refractivity contribution in [2.75, 3.05) is 19.5 Å². The first-order valence-electron chi connectivity index (χ1n) is 5.11. The van der Waals surface area contributed by atoms with Crippen molar-refractivity contribution in [1.29, 1.82) is 0 Å². The third kappa shape index (κ3) is 3.23. The number of benzene rings is 1. The van der Waals surface area contributed by atoms with E-state index in [1.54, 1.807) is 0 Å². The first-order valence-corrected chi connectivity index (χ1v) is 5.49. The summed E-state index contributed by atoms with van der Waals surface area (Å²) < 4.78 is 5.00. The van der Waals surface area contributed by atoms with Gasteiger partial charge in [0.1, 0.15) is 11.9 Å². The maximum absolute atomic E-state index is 9.87. The molecule has 1 aromatic carbocycles. The maximum Gasteiger partial charge on any atom is 0.142 e. The largest absolute Gasteiger partial charge is 0.495 e. The summed E-state index contributed by atoms with van der Waals surface area (Å²) in [5.41, 5.74) is 6.31. The van der Waals surface area contributed by atoms with E-state index in [9.17, 15) is 10.2 Å². The zero-order chi connectivity index (χ0) is 13.0. The van der Waals surface area contributed by atoms with Crippen molar-refractivity contribution in [2.24, 2.45) is 0 Å². The standard InChI is InChI=1S/C11H16ClNO4/c1-17-10-4-6(7(12)5-8(10)13)11(16)9(15)2-3-14/h4-5,9,11,14-16H,2-3,13H2,1H3. The number of nitrogens with two attached hydrogens (primary N) is 1. The summed E-state index contributed by atoms with van der Waals surface area (Å²) in [7, 11) is 1.44. The number of anilines is 1. The molecule has 0 saturated heterocycles. The van der Waals surface area contributed by atoms with Crippen molar-refractivity contribution < 1.29 is 20.1 Å². The Hall–Kier alpha value is -1.01. The average Bonchev–Trinajstić information content (AvgIpc) is 2.29. The quantitative estimate of drug-likeness (QED) is 0.586. The van der Waals surface area contributed by atoms with Gasteiger partial charge in [-0.15, -0.1) is 0 Å². The molecule has 0 radical (unpaired) electrons. The normalized spacial score (nSPS) is 14.4. The van der Waals surface area contributed by atoms with Gasteiger partial charge in [0.05, 0.1) is 18.9 Å². The van der Waals surface area contributed by atoms with Gasteiger partial charge in [0.25, 0.3) is 0 Å². The van der Waals surface area contributed by atoms with E-state index in [0.29, 0.717) is 17.0 Å². The van der Waals surface area contributed by atoms with Gasteiger partial charge in [-0.1, -0.05) is 11.6 Å². The molecule has 0 spiro atoms. The number of ether oxygens (including phenoxy) is 1. The molecule has 0 fully saturated rings. The van der Waals surface area contributed by atoms with E-state index >= 15 is 0 Å². The Morgan fingerprint density at radius 2 is 2.06 bits per heavy atom. The van der Waals surface area contributed by atoms with Crippen LogP contribution >= 0.6 is 11.6 Å². The average molecular weight is 262 g/mol. The van der Waals surface area contributed by atoms with E-state index in [4.69, 9.17) is 27.2 Å². The Balaban J connectivity index is 3.04. The second kappa shape index (κ2) is 6.07. The van der Waals surface area contributed by atoms with Crippen LogP contribution in [0.3, 0.4) is 0 Å². The molecular formula is C11H16ClNO4. The van der Waals surface area contributed by atoms with Crippen LogP contribution in [0.1, 0.15) is 18.1 Å². The van der Waals surface area contributed by atoms with E-state index in [0.717, 1.165) is 0 Å². The molecule has 0 bridgehead atoms. The zero-order valence-corrected chi connectivity index (χ0v) is 10.2. The summed E-state index contributed by atoms with van der Waals surface area (Å²) in [6.45, 7) is -0.220. The smallest absolute Gasteiger partial charge is 0.142 e. The number of hydrogen-bond donors (Lipinski definition) is 4. The molecule has 0 saturated carbocycles. The van der Waals surface area contributed by atoms with Crippen LogP contribution in [0.4, 0.5) is 5.69 Å². The Kier molecular flexibility index (Phi) is 5.02. The minimum Gasteiger partial charge on any atom is -0.495 e. The minimum absolute atomic E-state index is 0.0597. The molecule has 1 rings (SSSR count).